The minimum atomic E-state index is -0.530. The Bertz CT molecular complexity index is 577. The lowest BCUT2D eigenvalue weighted by molar-refractivity contribution is 0.0522. The first-order chi connectivity index (χ1) is 10.2. The van der Waals surface area contributed by atoms with Crippen molar-refractivity contribution in [1.29, 1.82) is 0 Å². The molecule has 1 aromatic carbocycles. The van der Waals surface area contributed by atoms with Crippen LogP contribution in [0.2, 0.25) is 0 Å². The van der Waals surface area contributed by atoms with Crippen LogP contribution in [0.25, 0.3) is 5.70 Å². The molecule has 0 aliphatic carbocycles. The van der Waals surface area contributed by atoms with E-state index in [-0.39, 0.29) is 6.04 Å². The molecule has 22 heavy (non-hydrogen) atoms. The first-order valence-electron chi connectivity index (χ1n) is 6.93. The third-order valence-electron chi connectivity index (χ3n) is 2.49. The molecule has 0 heterocycles. The van der Waals surface area contributed by atoms with E-state index in [0.717, 1.165) is 10.0 Å². The molecule has 0 aromatic heterocycles. The second-order valence-corrected chi connectivity index (χ2v) is 6.60. The van der Waals surface area contributed by atoms with E-state index in [1.54, 1.807) is 6.21 Å². The van der Waals surface area contributed by atoms with Gasteiger partial charge in [0.05, 0.1) is 11.7 Å². The number of aliphatic imine (C=N–C) groups is 1. The highest BCUT2D eigenvalue weighted by Gasteiger charge is 2.17. The van der Waals surface area contributed by atoms with Gasteiger partial charge >= 0.3 is 6.09 Å². The van der Waals surface area contributed by atoms with Gasteiger partial charge in [0.1, 0.15) is 5.60 Å². The van der Waals surface area contributed by atoms with Gasteiger partial charge in [0.25, 0.3) is 0 Å². The maximum Gasteiger partial charge on any atom is 0.408 e. The molecular weight excluding hydrogens is 346 g/mol. The van der Waals surface area contributed by atoms with Crippen molar-refractivity contribution in [2.75, 3.05) is 0 Å². The molecule has 5 nitrogen and oxygen atoms in total. The van der Waals surface area contributed by atoms with Crippen LogP contribution in [0, 0.1) is 0 Å². The largest absolute Gasteiger partial charge is 0.444 e. The molecule has 120 valence electrons. The SMILES string of the molecule is C[C@@H](C=N/C(=C\N)c1ccccc1Br)NC(=O)OC(C)(C)C. The molecule has 0 aliphatic heterocycles. The Morgan fingerprint density at radius 3 is 2.59 bits per heavy atom. The summed E-state index contributed by atoms with van der Waals surface area (Å²) in [4.78, 5) is 16.0. The zero-order chi connectivity index (χ0) is 16.8. The topological polar surface area (TPSA) is 76.7 Å². The number of carbonyl (C=O) groups is 1. The van der Waals surface area contributed by atoms with Crippen LogP contribution in [-0.2, 0) is 4.74 Å². The summed E-state index contributed by atoms with van der Waals surface area (Å²) in [6.07, 6.45) is 2.56. The number of hydrogen-bond acceptors (Lipinski definition) is 4. The fraction of sp³-hybridized carbons (Fsp3) is 0.375. The molecule has 0 radical (unpaired) electrons. The average Bonchev–Trinajstić information content (AvgIpc) is 2.38. The highest BCUT2D eigenvalue weighted by molar-refractivity contribution is 9.10. The van der Waals surface area contributed by atoms with Gasteiger partial charge in [-0.2, -0.15) is 0 Å². The van der Waals surface area contributed by atoms with Crippen molar-refractivity contribution in [2.24, 2.45) is 10.7 Å². The van der Waals surface area contributed by atoms with Gasteiger partial charge in [0, 0.05) is 22.5 Å². The summed E-state index contributed by atoms with van der Waals surface area (Å²) in [5, 5.41) is 2.69. The first-order valence-corrected chi connectivity index (χ1v) is 7.72. The molecular formula is C16H22BrN3O2. The fourth-order valence-electron chi connectivity index (χ4n) is 1.59. The molecule has 0 saturated carbocycles. The summed E-state index contributed by atoms with van der Waals surface area (Å²) in [5.74, 6) is 0. The smallest absolute Gasteiger partial charge is 0.408 e. The van der Waals surface area contributed by atoms with Gasteiger partial charge < -0.3 is 15.8 Å². The molecule has 0 unspecified atom stereocenters. The number of nitrogens with one attached hydrogen (secondary N) is 1. The molecule has 0 saturated heterocycles. The Morgan fingerprint density at radius 1 is 1.41 bits per heavy atom. The summed E-state index contributed by atoms with van der Waals surface area (Å²) in [6, 6.07) is 7.36. The Labute approximate surface area is 139 Å². The van der Waals surface area contributed by atoms with Crippen LogP contribution in [0.5, 0.6) is 0 Å². The molecule has 0 bridgehead atoms. The summed E-state index contributed by atoms with van der Waals surface area (Å²) < 4.78 is 6.09. The van der Waals surface area contributed by atoms with Crippen molar-refractivity contribution in [3.8, 4) is 0 Å². The predicted octanol–water partition coefficient (Wildman–Crippen LogP) is 3.69. The van der Waals surface area contributed by atoms with Crippen LogP contribution in [0.15, 0.2) is 39.9 Å². The molecule has 1 amide bonds. The van der Waals surface area contributed by atoms with Gasteiger partial charge in [-0.05, 0) is 33.8 Å². The van der Waals surface area contributed by atoms with Gasteiger partial charge in [-0.15, -0.1) is 0 Å². The third kappa shape index (κ3) is 6.30. The van der Waals surface area contributed by atoms with Gasteiger partial charge in [0.2, 0.25) is 0 Å². The van der Waals surface area contributed by atoms with E-state index in [2.05, 4.69) is 26.2 Å². The number of halogens is 1. The van der Waals surface area contributed by atoms with E-state index in [9.17, 15) is 4.79 Å². The second-order valence-electron chi connectivity index (χ2n) is 5.74. The average molecular weight is 368 g/mol. The molecule has 1 atom stereocenters. The fourth-order valence-corrected chi connectivity index (χ4v) is 2.08. The minimum absolute atomic E-state index is 0.285. The monoisotopic (exact) mass is 367 g/mol. The molecule has 1 rings (SSSR count). The Balaban J connectivity index is 2.70. The lowest BCUT2D eigenvalue weighted by Crippen LogP contribution is -2.38. The normalized spacial score (nSPS) is 14.0. The summed E-state index contributed by atoms with van der Waals surface area (Å²) >= 11 is 3.46. The number of benzene rings is 1. The number of ether oxygens (including phenoxy) is 1. The maximum atomic E-state index is 11.7. The first kappa shape index (κ1) is 18.2. The van der Waals surface area contributed by atoms with E-state index in [4.69, 9.17) is 10.5 Å². The predicted molar refractivity (Wildman–Crippen MR) is 93.6 cm³/mol. The second kappa shape index (κ2) is 7.98. The number of rotatable bonds is 4. The molecule has 0 aliphatic rings. The van der Waals surface area contributed by atoms with Gasteiger partial charge in [-0.1, -0.05) is 34.1 Å². The van der Waals surface area contributed by atoms with Crippen molar-refractivity contribution in [2.45, 2.75) is 39.3 Å². The quantitative estimate of drug-likeness (QED) is 0.796. The zero-order valence-corrected chi connectivity index (χ0v) is 14.8. The van der Waals surface area contributed by atoms with Gasteiger partial charge in [-0.3, -0.25) is 4.99 Å². The lowest BCUT2D eigenvalue weighted by atomic mass is 10.2. The van der Waals surface area contributed by atoms with Crippen LogP contribution >= 0.6 is 15.9 Å². The highest BCUT2D eigenvalue weighted by atomic mass is 79.9. The van der Waals surface area contributed by atoms with Gasteiger partial charge in [0.15, 0.2) is 0 Å². The van der Waals surface area contributed by atoms with Gasteiger partial charge in [-0.25, -0.2) is 4.79 Å². The van der Waals surface area contributed by atoms with Crippen LogP contribution in [0.4, 0.5) is 4.79 Å². The standard InChI is InChI=1S/C16H22BrN3O2/c1-11(20-15(21)22-16(2,3)4)10-19-14(9-18)12-7-5-6-8-13(12)17/h5-11H,18H2,1-4H3,(H,20,21)/b14-9-,19-10?/t11-/m0/s1. The van der Waals surface area contributed by atoms with Crippen molar-refractivity contribution >= 4 is 33.9 Å². The van der Waals surface area contributed by atoms with E-state index in [1.807, 2.05) is 52.0 Å². The van der Waals surface area contributed by atoms with Crippen molar-refractivity contribution in [3.63, 3.8) is 0 Å². The van der Waals surface area contributed by atoms with Crippen LogP contribution in [0.3, 0.4) is 0 Å². The van der Waals surface area contributed by atoms with E-state index in [1.165, 1.54) is 6.20 Å². The summed E-state index contributed by atoms with van der Waals surface area (Å²) in [6.45, 7) is 7.25. The number of nitrogens with two attached hydrogens (primary N) is 1. The van der Waals surface area contributed by atoms with Crippen LogP contribution in [-0.4, -0.2) is 24.0 Å². The highest BCUT2D eigenvalue weighted by Crippen LogP contribution is 2.24. The van der Waals surface area contributed by atoms with E-state index >= 15 is 0 Å². The molecule has 0 spiro atoms. The lowest BCUT2D eigenvalue weighted by Gasteiger charge is -2.20. The van der Waals surface area contributed by atoms with Crippen molar-refractivity contribution in [3.05, 3.63) is 40.5 Å². The number of amides is 1. The zero-order valence-electron chi connectivity index (χ0n) is 13.3. The molecule has 3 N–H and O–H groups in total. The number of hydrogen-bond donors (Lipinski definition) is 2. The maximum absolute atomic E-state index is 11.7. The van der Waals surface area contributed by atoms with E-state index < -0.39 is 11.7 Å². The number of alkyl carbamates (subject to hydrolysis) is 1. The Hall–Kier alpha value is -1.82. The van der Waals surface area contributed by atoms with E-state index in [0.29, 0.717) is 5.70 Å². The number of nitrogens with zero attached hydrogens (tertiary/aromatic N) is 1. The van der Waals surface area contributed by atoms with Crippen molar-refractivity contribution < 1.29 is 9.53 Å². The summed E-state index contributed by atoms with van der Waals surface area (Å²) in [5.41, 5.74) is 6.60. The Kier molecular flexibility index (Phi) is 6.61. The van der Waals surface area contributed by atoms with Crippen molar-refractivity contribution in [1.82, 2.24) is 5.32 Å². The minimum Gasteiger partial charge on any atom is -0.444 e. The Morgan fingerprint density at radius 2 is 2.05 bits per heavy atom. The van der Waals surface area contributed by atoms with Crippen LogP contribution in [0.1, 0.15) is 33.3 Å². The third-order valence-corrected chi connectivity index (χ3v) is 3.18. The molecule has 6 heteroatoms. The summed E-state index contributed by atoms with van der Waals surface area (Å²) in [7, 11) is 0. The van der Waals surface area contributed by atoms with Crippen LogP contribution < -0.4 is 11.1 Å². The molecule has 0 fully saturated rings. The molecule has 1 aromatic rings. The number of carbonyl (C=O) groups excluding carboxylic acids is 1.